The number of nitrogens with one attached hydrogen (secondary N) is 2. The summed E-state index contributed by atoms with van der Waals surface area (Å²) in [6.45, 7) is 3.81. The standard InChI is InChI=1S/C23H31FN3O9P/c1-14(2)12-16(20(30)33-4)26-37(32,36-15-8-6-5-7-9-15)34-13-17-19(29)23(3,24)21(35-17)27-11-10-18(28)25-22(27)31/h5-11,14,16-17,19,21,29H,12-13H2,1-4H3,(H,26,32)(H,25,28,31)/t16?,17-,19-,21-,23-,37?/m1/s1/i10D,11D. The average molecular weight is 545 g/mol. The van der Waals surface area contributed by atoms with Crippen LogP contribution in [0.3, 0.4) is 0 Å². The van der Waals surface area contributed by atoms with Gasteiger partial charge in [0.25, 0.3) is 5.56 Å². The minimum absolute atomic E-state index is 0.0311. The van der Waals surface area contributed by atoms with Crippen LogP contribution in [0.1, 0.15) is 36.2 Å². The number of nitrogens with zero attached hydrogens (tertiary/aromatic N) is 1. The van der Waals surface area contributed by atoms with Crippen LogP contribution in [-0.2, 0) is 23.4 Å². The first-order valence-corrected chi connectivity index (χ1v) is 12.9. The highest BCUT2D eigenvalue weighted by atomic mass is 31.2. The third kappa shape index (κ3) is 6.93. The van der Waals surface area contributed by atoms with Gasteiger partial charge in [0.05, 0.1) is 16.5 Å². The van der Waals surface area contributed by atoms with Gasteiger partial charge in [-0.15, -0.1) is 0 Å². The Bertz CT molecular complexity index is 1340. The van der Waals surface area contributed by atoms with Crippen LogP contribution in [0.4, 0.5) is 4.39 Å². The fourth-order valence-corrected chi connectivity index (χ4v) is 5.24. The summed E-state index contributed by atoms with van der Waals surface area (Å²) in [5, 5.41) is 13.2. The van der Waals surface area contributed by atoms with Crippen molar-refractivity contribution < 1.29 is 40.1 Å². The number of aromatic nitrogens is 2. The van der Waals surface area contributed by atoms with Crippen molar-refractivity contribution >= 4 is 13.7 Å². The molecule has 3 N–H and O–H groups in total. The molecule has 2 aromatic rings. The molecule has 1 fully saturated rings. The van der Waals surface area contributed by atoms with Crippen LogP contribution in [0.25, 0.3) is 0 Å². The second kappa shape index (κ2) is 11.7. The van der Waals surface area contributed by atoms with Crippen molar-refractivity contribution in [1.82, 2.24) is 14.6 Å². The van der Waals surface area contributed by atoms with Crippen LogP contribution in [0.5, 0.6) is 5.75 Å². The third-order valence-electron chi connectivity index (χ3n) is 5.57. The normalized spacial score (nSPS) is 26.7. The number of hydrogen-bond acceptors (Lipinski definition) is 9. The van der Waals surface area contributed by atoms with Gasteiger partial charge in [-0.05, 0) is 31.4 Å². The molecule has 12 nitrogen and oxygen atoms in total. The van der Waals surface area contributed by atoms with Crippen LogP contribution in [0.2, 0.25) is 0 Å². The molecule has 1 aliphatic rings. The first kappa shape index (κ1) is 25.8. The van der Waals surface area contributed by atoms with E-state index in [1.54, 1.807) is 23.2 Å². The molecule has 0 amide bonds. The van der Waals surface area contributed by atoms with Crippen LogP contribution in [0, 0.1) is 5.92 Å². The van der Waals surface area contributed by atoms with Crippen molar-refractivity contribution in [3.8, 4) is 5.75 Å². The fourth-order valence-electron chi connectivity index (χ4n) is 3.73. The van der Waals surface area contributed by atoms with Crippen molar-refractivity contribution in [1.29, 1.82) is 0 Å². The summed E-state index contributed by atoms with van der Waals surface area (Å²) < 4.78 is 66.9. The summed E-state index contributed by atoms with van der Waals surface area (Å²) in [5.41, 5.74) is -5.08. The Morgan fingerprint density at radius 3 is 2.68 bits per heavy atom. The van der Waals surface area contributed by atoms with Gasteiger partial charge in [-0.1, -0.05) is 32.0 Å². The topological polar surface area (TPSA) is 158 Å². The van der Waals surface area contributed by atoms with Gasteiger partial charge in [-0.25, -0.2) is 13.8 Å². The summed E-state index contributed by atoms with van der Waals surface area (Å²) >= 11 is 0. The maximum Gasteiger partial charge on any atom is 0.459 e. The molecule has 37 heavy (non-hydrogen) atoms. The first-order valence-electron chi connectivity index (χ1n) is 12.4. The lowest BCUT2D eigenvalue weighted by molar-refractivity contribution is -0.143. The Balaban J connectivity index is 1.89. The molecular formula is C23H31FN3O9P. The second-order valence-corrected chi connectivity index (χ2v) is 10.7. The zero-order valence-electron chi connectivity index (χ0n) is 22.7. The Labute approximate surface area is 215 Å². The summed E-state index contributed by atoms with van der Waals surface area (Å²) in [6.07, 6.45) is -6.18. The lowest BCUT2D eigenvalue weighted by Crippen LogP contribution is -2.44. The minimum atomic E-state index is -4.41. The fraction of sp³-hybridized carbons (Fsp3) is 0.522. The Morgan fingerprint density at radius 2 is 2.05 bits per heavy atom. The summed E-state index contributed by atoms with van der Waals surface area (Å²) in [6, 6.07) is 5.85. The maximum absolute atomic E-state index is 15.7. The third-order valence-corrected chi connectivity index (χ3v) is 7.13. The molecule has 0 bridgehead atoms. The number of rotatable bonds is 11. The number of carbonyl (C=O) groups excluding carboxylic acids is 1. The predicted molar refractivity (Wildman–Crippen MR) is 130 cm³/mol. The van der Waals surface area contributed by atoms with E-state index in [4.69, 9.17) is 21.3 Å². The molecule has 1 aliphatic heterocycles. The summed E-state index contributed by atoms with van der Waals surface area (Å²) in [4.78, 5) is 38.2. The van der Waals surface area contributed by atoms with Gasteiger partial charge < -0.3 is 19.1 Å². The second-order valence-electron chi connectivity index (χ2n) is 9.02. The molecule has 2 unspecified atom stereocenters. The largest absolute Gasteiger partial charge is 0.468 e. The van der Waals surface area contributed by atoms with Crippen molar-refractivity contribution in [2.45, 2.75) is 57.3 Å². The number of benzene rings is 1. The molecule has 6 atom stereocenters. The van der Waals surface area contributed by atoms with Crippen molar-refractivity contribution in [2.75, 3.05) is 13.7 Å². The zero-order chi connectivity index (χ0) is 29.1. The van der Waals surface area contributed by atoms with E-state index in [0.717, 1.165) is 14.0 Å². The number of halogens is 1. The Kier molecular flexibility index (Phi) is 8.16. The highest BCUT2D eigenvalue weighted by Gasteiger charge is 2.56. The van der Waals surface area contributed by atoms with E-state index in [9.17, 15) is 24.1 Å². The molecule has 0 radical (unpaired) electrons. The van der Waals surface area contributed by atoms with Gasteiger partial charge in [0, 0.05) is 12.2 Å². The number of para-hydroxylation sites is 1. The van der Waals surface area contributed by atoms with Crippen molar-refractivity contribution in [3.63, 3.8) is 0 Å². The molecule has 3 rings (SSSR count). The van der Waals surface area contributed by atoms with E-state index in [-0.39, 0.29) is 18.1 Å². The lowest BCUT2D eigenvalue weighted by Gasteiger charge is -2.26. The predicted octanol–water partition coefficient (Wildman–Crippen LogP) is 1.90. The van der Waals surface area contributed by atoms with E-state index in [2.05, 4.69) is 5.09 Å². The first-order chi connectivity index (χ1) is 18.2. The van der Waals surface area contributed by atoms with Gasteiger partial charge in [-0.2, -0.15) is 5.09 Å². The number of aliphatic hydroxyl groups is 1. The van der Waals surface area contributed by atoms with E-state index in [0.29, 0.717) is 4.57 Å². The highest BCUT2D eigenvalue weighted by Crippen LogP contribution is 2.47. The summed E-state index contributed by atoms with van der Waals surface area (Å²) in [7, 11) is -3.25. The van der Waals surface area contributed by atoms with Gasteiger partial charge in [0.1, 0.15) is 24.0 Å². The van der Waals surface area contributed by atoms with Crippen LogP contribution in [0.15, 0.2) is 52.1 Å². The maximum atomic E-state index is 15.7. The number of aromatic amines is 1. The number of hydrogen-bond donors (Lipinski definition) is 3. The molecular weight excluding hydrogens is 512 g/mol. The molecule has 2 heterocycles. The quantitative estimate of drug-likeness (QED) is 0.281. The average Bonchev–Trinajstić information content (AvgIpc) is 3.09. The number of carbonyl (C=O) groups is 1. The van der Waals surface area contributed by atoms with Crippen molar-refractivity contribution in [3.05, 3.63) is 63.4 Å². The van der Waals surface area contributed by atoms with Crippen molar-refractivity contribution in [2.24, 2.45) is 5.92 Å². The molecule has 14 heteroatoms. The molecule has 1 aromatic carbocycles. The Hall–Kier alpha value is -2.83. The van der Waals surface area contributed by atoms with E-state index >= 15 is 4.39 Å². The number of methoxy groups -OCH3 is 1. The number of alkyl halides is 1. The number of ether oxygens (including phenoxy) is 2. The van der Waals surface area contributed by atoms with Crippen LogP contribution in [-0.4, -0.2) is 58.3 Å². The van der Waals surface area contributed by atoms with Crippen LogP contribution >= 0.6 is 7.75 Å². The zero-order valence-corrected chi connectivity index (χ0v) is 21.6. The number of esters is 1. The molecule has 1 aromatic heterocycles. The molecule has 0 spiro atoms. The number of aliphatic hydroxyl groups excluding tert-OH is 1. The molecule has 1 saturated heterocycles. The van der Waals surface area contributed by atoms with E-state index in [1.165, 1.54) is 12.1 Å². The summed E-state index contributed by atoms with van der Waals surface area (Å²) in [5.74, 6) is -0.648. The smallest absolute Gasteiger partial charge is 0.459 e. The lowest BCUT2D eigenvalue weighted by atomic mass is 9.98. The van der Waals surface area contributed by atoms with E-state index < -0.39 is 73.9 Å². The monoisotopic (exact) mass is 545 g/mol. The van der Waals surface area contributed by atoms with E-state index in [1.807, 2.05) is 13.8 Å². The van der Waals surface area contributed by atoms with Gasteiger partial charge in [0.2, 0.25) is 0 Å². The minimum Gasteiger partial charge on any atom is -0.468 e. The van der Waals surface area contributed by atoms with Gasteiger partial charge in [0.15, 0.2) is 11.9 Å². The number of H-pyrrole nitrogens is 1. The molecule has 0 saturated carbocycles. The highest BCUT2D eigenvalue weighted by molar-refractivity contribution is 7.52. The molecule has 0 aliphatic carbocycles. The van der Waals surface area contributed by atoms with Crippen LogP contribution < -0.4 is 20.9 Å². The van der Waals surface area contributed by atoms with Gasteiger partial charge >= 0.3 is 19.4 Å². The molecule has 204 valence electrons. The SMILES string of the molecule is [2H]c1c([2H])n([C@@H]2O[C@H](COP(=O)(NC(CC(C)C)C(=O)OC)Oc3ccccc3)[C@@H](O)[C@@]2(C)F)c(=O)[nH]c1=O. The van der Waals surface area contributed by atoms with Gasteiger partial charge in [-0.3, -0.25) is 23.7 Å². The Morgan fingerprint density at radius 1 is 1.38 bits per heavy atom.